The van der Waals surface area contributed by atoms with Gasteiger partial charge in [0.1, 0.15) is 0 Å². The van der Waals surface area contributed by atoms with Crippen LogP contribution in [0.15, 0.2) is 54.3 Å². The molecule has 22 heavy (non-hydrogen) atoms. The lowest BCUT2D eigenvalue weighted by Gasteiger charge is -2.13. The van der Waals surface area contributed by atoms with E-state index >= 15 is 0 Å². The van der Waals surface area contributed by atoms with Crippen LogP contribution in [0.25, 0.3) is 0 Å². The van der Waals surface area contributed by atoms with Crippen LogP contribution >= 0.6 is 0 Å². The Labute approximate surface area is 130 Å². The number of nitrogens with two attached hydrogens (primary N) is 1. The summed E-state index contributed by atoms with van der Waals surface area (Å²) in [7, 11) is 1.62. The zero-order chi connectivity index (χ0) is 16.9. The summed E-state index contributed by atoms with van der Waals surface area (Å²) in [6, 6.07) is 5.02. The van der Waals surface area contributed by atoms with E-state index in [0.717, 1.165) is 0 Å². The van der Waals surface area contributed by atoms with Gasteiger partial charge in [0.05, 0.1) is 11.1 Å². The number of carbonyl (C=O) groups excluding carboxylic acids is 2. The Morgan fingerprint density at radius 1 is 1.36 bits per heavy atom. The maximum atomic E-state index is 12.3. The van der Waals surface area contributed by atoms with Gasteiger partial charge in [0.2, 0.25) is 0 Å². The van der Waals surface area contributed by atoms with E-state index in [2.05, 4.69) is 18.5 Å². The Morgan fingerprint density at radius 2 is 2.00 bits per heavy atom. The Hall–Kier alpha value is -2.82. The quantitative estimate of drug-likeness (QED) is 0.287. The van der Waals surface area contributed by atoms with Gasteiger partial charge in [-0.1, -0.05) is 31.4 Å². The number of hydrogen-bond donors (Lipinski definition) is 2. The number of nitrogens with one attached hydrogen (secondary N) is 1. The minimum absolute atomic E-state index is 0.165. The summed E-state index contributed by atoms with van der Waals surface area (Å²) < 4.78 is 4.94. The molecule has 1 aromatic carbocycles. The second kappa shape index (κ2) is 7.26. The SMILES string of the molecule is C=C/C(C)=C(\C(=C)NC)C(=O)OC(=O)c1c(C)cccc1N. The van der Waals surface area contributed by atoms with Crippen LogP contribution < -0.4 is 11.1 Å². The van der Waals surface area contributed by atoms with Crippen molar-refractivity contribution < 1.29 is 14.3 Å². The summed E-state index contributed by atoms with van der Waals surface area (Å²) in [5.74, 6) is -1.59. The number of likely N-dealkylation sites (N-methyl/N-ethyl adjacent to an activating group) is 1. The average molecular weight is 300 g/mol. The first-order chi connectivity index (χ1) is 10.3. The van der Waals surface area contributed by atoms with Gasteiger partial charge < -0.3 is 15.8 Å². The molecule has 0 heterocycles. The van der Waals surface area contributed by atoms with Crippen molar-refractivity contribution in [1.82, 2.24) is 5.32 Å². The summed E-state index contributed by atoms with van der Waals surface area (Å²) >= 11 is 0. The summed E-state index contributed by atoms with van der Waals surface area (Å²) in [4.78, 5) is 24.5. The molecule has 0 unspecified atom stereocenters. The van der Waals surface area contributed by atoms with Gasteiger partial charge in [-0.15, -0.1) is 0 Å². The van der Waals surface area contributed by atoms with E-state index in [9.17, 15) is 9.59 Å². The molecule has 0 saturated carbocycles. The normalized spacial score (nSPS) is 11.2. The van der Waals surface area contributed by atoms with Crippen molar-refractivity contribution in [3.63, 3.8) is 0 Å². The van der Waals surface area contributed by atoms with Gasteiger partial charge >= 0.3 is 11.9 Å². The molecule has 3 N–H and O–H groups in total. The fourth-order valence-electron chi connectivity index (χ4n) is 1.90. The molecular weight excluding hydrogens is 280 g/mol. The summed E-state index contributed by atoms with van der Waals surface area (Å²) in [5, 5.41) is 2.76. The lowest BCUT2D eigenvalue weighted by Crippen LogP contribution is -2.21. The third kappa shape index (κ3) is 3.63. The van der Waals surface area contributed by atoms with E-state index in [1.165, 1.54) is 6.08 Å². The first-order valence-electron chi connectivity index (χ1n) is 6.65. The number of nitrogen functional groups attached to an aromatic ring is 1. The maximum absolute atomic E-state index is 12.3. The summed E-state index contributed by atoms with van der Waals surface area (Å²) in [5.41, 5.74) is 7.91. The third-order valence-electron chi connectivity index (χ3n) is 3.20. The Balaban J connectivity index is 3.13. The largest absolute Gasteiger partial charge is 0.398 e. The highest BCUT2D eigenvalue weighted by Gasteiger charge is 2.23. The van der Waals surface area contributed by atoms with Crippen molar-refractivity contribution in [1.29, 1.82) is 0 Å². The predicted molar refractivity (Wildman–Crippen MR) is 87.1 cm³/mol. The second-order valence-corrected chi connectivity index (χ2v) is 4.71. The number of allylic oxidation sites excluding steroid dienone is 2. The van der Waals surface area contributed by atoms with Crippen LogP contribution in [0.3, 0.4) is 0 Å². The third-order valence-corrected chi connectivity index (χ3v) is 3.20. The highest BCUT2D eigenvalue weighted by Crippen LogP contribution is 2.20. The Morgan fingerprint density at radius 3 is 2.50 bits per heavy atom. The summed E-state index contributed by atoms with van der Waals surface area (Å²) in [6.45, 7) is 10.7. The molecule has 0 aliphatic carbocycles. The molecule has 116 valence electrons. The molecule has 1 aromatic rings. The van der Waals surface area contributed by atoms with Gasteiger partial charge in [-0.05, 0) is 31.1 Å². The van der Waals surface area contributed by atoms with Crippen molar-refractivity contribution in [2.45, 2.75) is 13.8 Å². The van der Waals surface area contributed by atoms with E-state index < -0.39 is 11.9 Å². The molecule has 0 aromatic heterocycles. The number of rotatable bonds is 5. The molecule has 0 radical (unpaired) electrons. The first kappa shape index (κ1) is 17.2. The maximum Gasteiger partial charge on any atom is 0.348 e. The van der Waals surface area contributed by atoms with Crippen molar-refractivity contribution in [3.8, 4) is 0 Å². The van der Waals surface area contributed by atoms with Gasteiger partial charge in [0, 0.05) is 18.4 Å². The van der Waals surface area contributed by atoms with Crippen LogP contribution in [-0.2, 0) is 9.53 Å². The van der Waals surface area contributed by atoms with Crippen molar-refractivity contribution in [2.75, 3.05) is 12.8 Å². The predicted octanol–water partition coefficient (Wildman–Crippen LogP) is 2.50. The minimum Gasteiger partial charge on any atom is -0.398 e. The van der Waals surface area contributed by atoms with Crippen molar-refractivity contribution in [2.24, 2.45) is 0 Å². The molecule has 0 aliphatic rings. The number of ether oxygens (including phenoxy) is 1. The Bertz CT molecular complexity index is 652. The second-order valence-electron chi connectivity index (χ2n) is 4.71. The van der Waals surface area contributed by atoms with Crippen LogP contribution in [-0.4, -0.2) is 19.0 Å². The first-order valence-corrected chi connectivity index (χ1v) is 6.65. The molecule has 1 rings (SSSR count). The van der Waals surface area contributed by atoms with E-state index in [1.54, 1.807) is 39.1 Å². The minimum atomic E-state index is -0.801. The fourth-order valence-corrected chi connectivity index (χ4v) is 1.90. The smallest absolute Gasteiger partial charge is 0.348 e. The molecule has 0 spiro atoms. The zero-order valence-electron chi connectivity index (χ0n) is 13.0. The molecule has 5 heteroatoms. The van der Waals surface area contributed by atoms with Gasteiger partial charge in [-0.2, -0.15) is 0 Å². The lowest BCUT2D eigenvalue weighted by molar-refractivity contribution is -0.133. The average Bonchev–Trinajstić information content (AvgIpc) is 2.46. The van der Waals surface area contributed by atoms with Crippen LogP contribution in [0.2, 0.25) is 0 Å². The van der Waals surface area contributed by atoms with Gasteiger partial charge in [-0.3, -0.25) is 0 Å². The molecule has 5 nitrogen and oxygen atoms in total. The number of hydrogen-bond acceptors (Lipinski definition) is 5. The van der Waals surface area contributed by atoms with Crippen molar-refractivity contribution in [3.05, 3.63) is 65.4 Å². The monoisotopic (exact) mass is 300 g/mol. The number of benzene rings is 1. The van der Waals surface area contributed by atoms with E-state index in [4.69, 9.17) is 10.5 Å². The zero-order valence-corrected chi connectivity index (χ0v) is 13.0. The van der Waals surface area contributed by atoms with E-state index in [1.807, 2.05) is 0 Å². The molecule has 0 saturated heterocycles. The Kier molecular flexibility index (Phi) is 5.69. The lowest BCUT2D eigenvalue weighted by atomic mass is 10.1. The van der Waals surface area contributed by atoms with Crippen LogP contribution in [0.4, 0.5) is 5.69 Å². The highest BCUT2D eigenvalue weighted by atomic mass is 16.6. The molecule has 0 amide bonds. The van der Waals surface area contributed by atoms with Gasteiger partial charge in [-0.25, -0.2) is 9.59 Å². The van der Waals surface area contributed by atoms with Gasteiger partial charge in [0.15, 0.2) is 0 Å². The topological polar surface area (TPSA) is 81.4 Å². The molecular formula is C17H20N2O3. The molecule has 0 fully saturated rings. The standard InChI is InChI=1S/C17H20N2O3/c1-6-10(2)14(12(4)19-5)16(20)22-17(21)15-11(3)8-7-9-13(15)18/h6-9,19H,1,4,18H2,2-3,5H3/b14-10+. The van der Waals surface area contributed by atoms with Crippen LogP contribution in [0, 0.1) is 6.92 Å². The van der Waals surface area contributed by atoms with Crippen molar-refractivity contribution >= 4 is 17.6 Å². The molecule has 0 atom stereocenters. The number of anilines is 1. The summed E-state index contributed by atoms with van der Waals surface area (Å²) in [6.07, 6.45) is 1.49. The highest BCUT2D eigenvalue weighted by molar-refractivity contribution is 6.07. The molecule has 0 bridgehead atoms. The number of esters is 2. The van der Waals surface area contributed by atoms with E-state index in [-0.39, 0.29) is 16.8 Å². The van der Waals surface area contributed by atoms with Crippen LogP contribution in [0.1, 0.15) is 22.8 Å². The number of carbonyl (C=O) groups is 2. The number of aryl methyl sites for hydroxylation is 1. The van der Waals surface area contributed by atoms with Gasteiger partial charge in [0.25, 0.3) is 0 Å². The van der Waals surface area contributed by atoms with Crippen LogP contribution in [0.5, 0.6) is 0 Å². The fraction of sp³-hybridized carbons (Fsp3) is 0.176. The molecule has 0 aliphatic heterocycles. The van der Waals surface area contributed by atoms with E-state index in [0.29, 0.717) is 16.8 Å².